The fourth-order valence-electron chi connectivity index (χ4n) is 4.33. The lowest BCUT2D eigenvalue weighted by molar-refractivity contribution is -0.140. The van der Waals surface area contributed by atoms with Gasteiger partial charge in [0.1, 0.15) is 11.6 Å². The Kier molecular flexibility index (Phi) is 8.60. The minimum atomic E-state index is -4.03. The minimum absolute atomic E-state index is 0.0457. The molecular weight excluding hydrogens is 546 g/mol. The van der Waals surface area contributed by atoms with Crippen LogP contribution in [0, 0.1) is 12.8 Å². The van der Waals surface area contributed by atoms with Crippen LogP contribution in [0.3, 0.4) is 0 Å². The Bertz CT molecular complexity index is 1710. The van der Waals surface area contributed by atoms with E-state index >= 15 is 0 Å². The van der Waals surface area contributed by atoms with E-state index < -0.39 is 33.9 Å². The summed E-state index contributed by atoms with van der Waals surface area (Å²) in [5.74, 6) is -2.12. The van der Waals surface area contributed by atoms with Gasteiger partial charge in [0.05, 0.1) is 10.6 Å². The van der Waals surface area contributed by atoms with E-state index in [1.165, 1.54) is 12.1 Å². The van der Waals surface area contributed by atoms with Crippen molar-refractivity contribution in [3.05, 3.63) is 78.1 Å². The van der Waals surface area contributed by atoms with Gasteiger partial charge in [0, 0.05) is 23.1 Å². The lowest BCUT2D eigenvalue weighted by atomic mass is 10.1. The number of rotatable bonds is 10. The fourth-order valence-corrected chi connectivity index (χ4v) is 5.67. The van der Waals surface area contributed by atoms with Gasteiger partial charge in [-0.15, -0.1) is 0 Å². The van der Waals surface area contributed by atoms with Crippen molar-refractivity contribution in [1.29, 1.82) is 0 Å². The zero-order chi connectivity index (χ0) is 29.9. The molecule has 0 aliphatic carbocycles. The Morgan fingerprint density at radius 2 is 1.51 bits per heavy atom. The van der Waals surface area contributed by atoms with Gasteiger partial charge in [-0.1, -0.05) is 51.1 Å². The summed E-state index contributed by atoms with van der Waals surface area (Å²) < 4.78 is 33.4. The zero-order valence-electron chi connectivity index (χ0n) is 23.0. The molecule has 1 atom stereocenters. The maximum atomic E-state index is 13.0. The van der Waals surface area contributed by atoms with Crippen LogP contribution in [0.4, 0.5) is 11.4 Å². The van der Waals surface area contributed by atoms with Gasteiger partial charge in [-0.3, -0.25) is 14.4 Å². The first kappa shape index (κ1) is 29.5. The van der Waals surface area contributed by atoms with Crippen molar-refractivity contribution < 1.29 is 32.3 Å². The molecule has 0 saturated heterocycles. The number of carbonyl (C=O) groups excluding carboxylic acids is 2. The molecule has 4 rings (SSSR count). The van der Waals surface area contributed by atoms with E-state index in [1.54, 1.807) is 82.3 Å². The molecule has 3 aromatic carbocycles. The molecule has 1 unspecified atom stereocenters. The number of hydrogen-bond acceptors (Lipinski definition) is 6. The molecule has 0 saturated carbocycles. The molecule has 4 N–H and O–H groups in total. The van der Waals surface area contributed by atoms with Gasteiger partial charge in [-0.05, 0) is 60.4 Å². The summed E-state index contributed by atoms with van der Waals surface area (Å²) >= 11 is 0. The summed E-state index contributed by atoms with van der Waals surface area (Å²) in [6, 6.07) is 17.0. The van der Waals surface area contributed by atoms with Crippen LogP contribution in [0.25, 0.3) is 22.1 Å². The predicted molar refractivity (Wildman–Crippen MR) is 156 cm³/mol. The summed E-state index contributed by atoms with van der Waals surface area (Å²) in [5.41, 5.74) is 3.70. The van der Waals surface area contributed by atoms with Gasteiger partial charge in [0.25, 0.3) is 5.91 Å². The van der Waals surface area contributed by atoms with Crippen LogP contribution >= 0.6 is 0 Å². The van der Waals surface area contributed by atoms with E-state index in [-0.39, 0.29) is 16.6 Å². The van der Waals surface area contributed by atoms with Crippen molar-refractivity contribution >= 4 is 50.2 Å². The fraction of sp³-hybridized carbons (Fsp3) is 0.233. The van der Waals surface area contributed by atoms with Gasteiger partial charge in [-0.2, -0.15) is 4.72 Å². The molecule has 214 valence electrons. The van der Waals surface area contributed by atoms with Gasteiger partial charge in [0.15, 0.2) is 5.76 Å². The van der Waals surface area contributed by atoms with Crippen molar-refractivity contribution in [2.75, 3.05) is 10.6 Å². The number of furan rings is 1. The Morgan fingerprint density at radius 1 is 0.902 bits per heavy atom. The summed E-state index contributed by atoms with van der Waals surface area (Å²) in [7, 11) is -4.03. The number of carboxylic acid groups (broad SMARTS) is 1. The van der Waals surface area contributed by atoms with E-state index in [9.17, 15) is 27.9 Å². The van der Waals surface area contributed by atoms with Gasteiger partial charge in [-0.25, -0.2) is 8.42 Å². The second kappa shape index (κ2) is 11.9. The summed E-state index contributed by atoms with van der Waals surface area (Å²) in [4.78, 5) is 36.3. The molecule has 0 bridgehead atoms. The van der Waals surface area contributed by atoms with E-state index in [4.69, 9.17) is 4.42 Å². The van der Waals surface area contributed by atoms with Crippen LogP contribution in [0.2, 0.25) is 0 Å². The summed E-state index contributed by atoms with van der Waals surface area (Å²) in [5, 5.41) is 15.6. The highest BCUT2D eigenvalue weighted by atomic mass is 32.2. The second-order valence-electron chi connectivity index (χ2n) is 9.87. The van der Waals surface area contributed by atoms with Crippen LogP contribution in [0.1, 0.15) is 43.3 Å². The van der Waals surface area contributed by atoms with E-state index in [0.717, 1.165) is 11.1 Å². The third kappa shape index (κ3) is 6.47. The normalized spacial score (nSPS) is 12.3. The number of aryl methyl sites for hydroxylation is 1. The summed E-state index contributed by atoms with van der Waals surface area (Å²) in [6.45, 7) is 6.76. The molecule has 4 aromatic rings. The third-order valence-corrected chi connectivity index (χ3v) is 8.07. The predicted octanol–water partition coefficient (Wildman–Crippen LogP) is 5.40. The Labute approximate surface area is 237 Å². The number of nitrogens with one attached hydrogen (secondary N) is 3. The number of hydrogen-bond donors (Lipinski definition) is 4. The highest BCUT2D eigenvalue weighted by molar-refractivity contribution is 7.89. The quantitative estimate of drug-likeness (QED) is 0.197. The maximum Gasteiger partial charge on any atom is 0.322 e. The number of fused-ring (bicyclic) bond motifs is 1. The smallest absolute Gasteiger partial charge is 0.322 e. The second-order valence-corrected chi connectivity index (χ2v) is 11.6. The molecule has 0 fully saturated rings. The Hall–Kier alpha value is -4.48. The number of aliphatic carboxylic acids is 1. The highest BCUT2D eigenvalue weighted by Gasteiger charge is 2.28. The first-order chi connectivity index (χ1) is 19.4. The van der Waals surface area contributed by atoms with Gasteiger partial charge < -0.3 is 20.2 Å². The number of carbonyl (C=O) groups is 3. The number of amides is 2. The van der Waals surface area contributed by atoms with Crippen LogP contribution in [0.15, 0.2) is 76.0 Å². The Morgan fingerprint density at radius 3 is 2.07 bits per heavy atom. The first-order valence-electron chi connectivity index (χ1n) is 13.0. The number of sulfonamides is 1. The average Bonchev–Trinajstić information content (AvgIpc) is 3.29. The van der Waals surface area contributed by atoms with Crippen molar-refractivity contribution in [2.24, 2.45) is 5.92 Å². The van der Waals surface area contributed by atoms with Gasteiger partial charge >= 0.3 is 5.97 Å². The molecular formula is C30H31N3O7S. The average molecular weight is 578 g/mol. The largest absolute Gasteiger partial charge is 0.480 e. The topological polar surface area (TPSA) is 155 Å². The SMILES string of the molecule is CCC(=O)Nc1cccc2oc(C(=O)Nc3ccc(-c4ccc(S(=O)(=O)NC(C(=O)O)C(C)C)cc4)cc3)c(C)c12. The molecule has 0 aliphatic heterocycles. The highest BCUT2D eigenvalue weighted by Crippen LogP contribution is 2.32. The van der Waals surface area contributed by atoms with Crippen LogP contribution in [-0.4, -0.2) is 37.3 Å². The van der Waals surface area contributed by atoms with E-state index in [2.05, 4.69) is 15.4 Å². The molecule has 2 amide bonds. The van der Waals surface area contributed by atoms with Crippen LogP contribution < -0.4 is 15.4 Å². The van der Waals surface area contributed by atoms with Gasteiger partial charge in [0.2, 0.25) is 15.9 Å². The lowest BCUT2D eigenvalue weighted by Crippen LogP contribution is -2.44. The molecule has 0 radical (unpaired) electrons. The summed E-state index contributed by atoms with van der Waals surface area (Å²) in [6.07, 6.45) is 0.322. The Balaban J connectivity index is 1.49. The maximum absolute atomic E-state index is 13.0. The molecule has 10 nitrogen and oxygen atoms in total. The van der Waals surface area contributed by atoms with Crippen LogP contribution in [-0.2, 0) is 19.6 Å². The molecule has 41 heavy (non-hydrogen) atoms. The lowest BCUT2D eigenvalue weighted by Gasteiger charge is -2.18. The molecule has 1 heterocycles. The van der Waals surface area contributed by atoms with E-state index in [0.29, 0.717) is 34.3 Å². The van der Waals surface area contributed by atoms with Crippen molar-refractivity contribution in [3.63, 3.8) is 0 Å². The first-order valence-corrected chi connectivity index (χ1v) is 14.5. The monoisotopic (exact) mass is 577 g/mol. The standard InChI is InChI=1S/C30H31N3O7S/c1-5-25(34)32-23-7-6-8-24-26(23)18(4)28(40-24)29(35)31-21-13-9-19(10-14-21)20-11-15-22(16-12-20)41(38,39)33-27(17(2)3)30(36)37/h6-17,27,33H,5H2,1-4H3,(H,31,35)(H,32,34)(H,36,37). The van der Waals surface area contributed by atoms with E-state index in [1.807, 2.05) is 0 Å². The molecule has 1 aromatic heterocycles. The number of benzene rings is 3. The number of anilines is 2. The van der Waals surface area contributed by atoms with Crippen molar-refractivity contribution in [2.45, 2.75) is 45.1 Å². The molecule has 0 spiro atoms. The van der Waals surface area contributed by atoms with Crippen molar-refractivity contribution in [3.8, 4) is 11.1 Å². The third-order valence-electron chi connectivity index (χ3n) is 6.61. The van der Waals surface area contributed by atoms with Crippen molar-refractivity contribution in [1.82, 2.24) is 4.72 Å². The minimum Gasteiger partial charge on any atom is -0.480 e. The zero-order valence-corrected chi connectivity index (χ0v) is 23.8. The molecule has 11 heteroatoms. The number of carboxylic acids is 1. The van der Waals surface area contributed by atoms with Crippen LogP contribution in [0.5, 0.6) is 0 Å². The molecule has 0 aliphatic rings.